The SMILES string of the molecule is CCNC(=O)N(Cc1ccccn1)C(=N)N.c1cc2cc(c1)OC2. The average Bonchev–Trinajstić information content (AvgIpc) is 2.92. The number of guanidine groups is 1. The van der Waals surface area contributed by atoms with Gasteiger partial charge in [-0.3, -0.25) is 15.3 Å². The van der Waals surface area contributed by atoms with Gasteiger partial charge in [0.2, 0.25) is 0 Å². The van der Waals surface area contributed by atoms with Crippen LogP contribution in [0.3, 0.4) is 0 Å². The molecule has 2 aromatic rings. The van der Waals surface area contributed by atoms with E-state index >= 15 is 0 Å². The summed E-state index contributed by atoms with van der Waals surface area (Å²) in [6, 6.07) is 13.1. The lowest BCUT2D eigenvalue weighted by molar-refractivity contribution is 0.219. The molecule has 2 heterocycles. The van der Waals surface area contributed by atoms with E-state index in [4.69, 9.17) is 15.9 Å². The summed E-state index contributed by atoms with van der Waals surface area (Å²) in [5.74, 6) is 0.708. The van der Waals surface area contributed by atoms with Crippen molar-refractivity contribution < 1.29 is 9.53 Å². The van der Waals surface area contributed by atoms with Crippen molar-refractivity contribution in [1.29, 1.82) is 5.41 Å². The summed E-state index contributed by atoms with van der Waals surface area (Å²) in [7, 11) is 0. The molecule has 24 heavy (non-hydrogen) atoms. The van der Waals surface area contributed by atoms with Crippen molar-refractivity contribution in [3.63, 3.8) is 0 Å². The van der Waals surface area contributed by atoms with E-state index in [1.807, 2.05) is 18.2 Å². The molecule has 0 spiro atoms. The van der Waals surface area contributed by atoms with Gasteiger partial charge >= 0.3 is 6.03 Å². The van der Waals surface area contributed by atoms with Crippen LogP contribution in [0, 0.1) is 5.41 Å². The molecule has 0 aliphatic carbocycles. The van der Waals surface area contributed by atoms with Crippen molar-refractivity contribution in [2.45, 2.75) is 20.1 Å². The summed E-state index contributed by atoms with van der Waals surface area (Å²) in [4.78, 5) is 16.8. The van der Waals surface area contributed by atoms with Gasteiger partial charge in [0.15, 0.2) is 5.96 Å². The molecular weight excluding hydrogens is 306 g/mol. The van der Waals surface area contributed by atoms with Crippen LogP contribution >= 0.6 is 0 Å². The lowest BCUT2D eigenvalue weighted by atomic mass is 10.2. The molecule has 1 aliphatic heterocycles. The van der Waals surface area contributed by atoms with Crippen LogP contribution in [-0.4, -0.2) is 28.4 Å². The number of fused-ring (bicyclic) bond motifs is 2. The Balaban J connectivity index is 0.000000214. The lowest BCUT2D eigenvalue weighted by Gasteiger charge is -2.20. The van der Waals surface area contributed by atoms with E-state index < -0.39 is 0 Å². The zero-order valence-electron chi connectivity index (χ0n) is 13.5. The van der Waals surface area contributed by atoms with Gasteiger partial charge in [0.25, 0.3) is 0 Å². The van der Waals surface area contributed by atoms with Gasteiger partial charge in [-0.05, 0) is 36.8 Å². The van der Waals surface area contributed by atoms with Crippen LogP contribution in [0.4, 0.5) is 4.79 Å². The van der Waals surface area contributed by atoms with Crippen LogP contribution in [-0.2, 0) is 13.2 Å². The van der Waals surface area contributed by atoms with E-state index in [9.17, 15) is 4.79 Å². The molecule has 7 nitrogen and oxygen atoms in total. The molecule has 3 rings (SSSR count). The highest BCUT2D eigenvalue weighted by Gasteiger charge is 2.16. The van der Waals surface area contributed by atoms with E-state index in [-0.39, 0.29) is 18.5 Å². The van der Waals surface area contributed by atoms with Gasteiger partial charge in [0.1, 0.15) is 12.4 Å². The molecule has 1 aromatic carbocycles. The minimum atomic E-state index is -0.388. The van der Waals surface area contributed by atoms with Crippen molar-refractivity contribution in [3.8, 4) is 5.75 Å². The van der Waals surface area contributed by atoms with Crippen molar-refractivity contribution in [3.05, 3.63) is 59.9 Å². The minimum Gasteiger partial charge on any atom is -0.489 e. The summed E-state index contributed by atoms with van der Waals surface area (Å²) in [6.07, 6.45) is 1.63. The predicted molar refractivity (Wildman–Crippen MR) is 91.5 cm³/mol. The van der Waals surface area contributed by atoms with Crippen LogP contribution in [0.5, 0.6) is 5.75 Å². The van der Waals surface area contributed by atoms with Gasteiger partial charge in [-0.2, -0.15) is 0 Å². The molecule has 2 amide bonds. The molecular formula is C17H21N5O2. The number of pyridine rings is 1. The van der Waals surface area contributed by atoms with E-state index in [0.717, 1.165) is 17.3 Å². The first-order valence-corrected chi connectivity index (χ1v) is 7.61. The molecule has 1 aromatic heterocycles. The first-order chi connectivity index (χ1) is 11.6. The smallest absolute Gasteiger partial charge is 0.324 e. The lowest BCUT2D eigenvalue weighted by Crippen LogP contribution is -2.46. The van der Waals surface area contributed by atoms with E-state index in [1.165, 1.54) is 5.56 Å². The van der Waals surface area contributed by atoms with E-state index in [2.05, 4.69) is 22.4 Å². The van der Waals surface area contributed by atoms with Crippen molar-refractivity contribution in [1.82, 2.24) is 15.2 Å². The molecule has 1 aliphatic rings. The number of nitrogens with zero attached hydrogens (tertiary/aromatic N) is 2. The number of hydrogen-bond donors (Lipinski definition) is 3. The summed E-state index contributed by atoms with van der Waals surface area (Å²) in [5, 5.41) is 9.91. The number of aromatic nitrogens is 1. The van der Waals surface area contributed by atoms with E-state index in [1.54, 1.807) is 25.3 Å². The van der Waals surface area contributed by atoms with Crippen LogP contribution < -0.4 is 15.8 Å². The van der Waals surface area contributed by atoms with Crippen LogP contribution in [0.2, 0.25) is 0 Å². The van der Waals surface area contributed by atoms with Gasteiger partial charge in [0, 0.05) is 12.7 Å². The van der Waals surface area contributed by atoms with Gasteiger partial charge < -0.3 is 15.8 Å². The Labute approximate surface area is 141 Å². The largest absolute Gasteiger partial charge is 0.489 e. The number of amides is 2. The Morgan fingerprint density at radius 2 is 2.21 bits per heavy atom. The summed E-state index contributed by atoms with van der Waals surface area (Å²) < 4.78 is 5.18. The molecule has 7 heteroatoms. The second-order valence-electron chi connectivity index (χ2n) is 5.06. The third-order valence-corrected chi connectivity index (χ3v) is 3.21. The minimum absolute atomic E-state index is 0.196. The summed E-state index contributed by atoms with van der Waals surface area (Å²) in [6.45, 7) is 3.26. The van der Waals surface area contributed by atoms with Gasteiger partial charge in [-0.1, -0.05) is 18.2 Å². The first kappa shape index (κ1) is 17.3. The van der Waals surface area contributed by atoms with Crippen molar-refractivity contribution in [2.75, 3.05) is 6.54 Å². The standard InChI is InChI=1S/C10H15N5O.C7H6O/c1-2-13-10(16)15(9(11)12)7-8-5-3-4-6-14-8;1-2-6-4-7(3-1)8-5-6/h3-6H,2,7H2,1H3,(H3,11,12)(H,13,16);1-4H,5H2. The molecule has 0 saturated carbocycles. The number of carbonyl (C=O) groups excluding carboxylic acids is 1. The third-order valence-electron chi connectivity index (χ3n) is 3.21. The average molecular weight is 327 g/mol. The predicted octanol–water partition coefficient (Wildman–Crippen LogP) is 2.09. The van der Waals surface area contributed by atoms with Crippen molar-refractivity contribution in [2.24, 2.45) is 5.73 Å². The number of hydrogen-bond acceptors (Lipinski definition) is 4. The number of carbonyl (C=O) groups is 1. The first-order valence-electron chi connectivity index (χ1n) is 7.61. The second kappa shape index (κ2) is 8.52. The maximum Gasteiger partial charge on any atom is 0.324 e. The highest BCUT2D eigenvalue weighted by molar-refractivity contribution is 5.93. The van der Waals surface area contributed by atoms with E-state index in [0.29, 0.717) is 12.2 Å². The summed E-state index contributed by atoms with van der Waals surface area (Å²) in [5.41, 5.74) is 7.30. The normalized spacial score (nSPS) is 10.9. The number of nitrogens with two attached hydrogens (primary N) is 1. The fourth-order valence-corrected chi connectivity index (χ4v) is 2.06. The Hall–Kier alpha value is -3.09. The Morgan fingerprint density at radius 1 is 1.38 bits per heavy atom. The number of benzene rings is 1. The fourth-order valence-electron chi connectivity index (χ4n) is 2.06. The maximum atomic E-state index is 11.6. The molecule has 0 saturated heterocycles. The van der Waals surface area contributed by atoms with Crippen LogP contribution in [0.15, 0.2) is 48.7 Å². The molecule has 0 unspecified atom stereocenters. The Kier molecular flexibility index (Phi) is 6.13. The quantitative estimate of drug-likeness (QED) is 0.593. The number of ether oxygens (including phenoxy) is 1. The van der Waals surface area contributed by atoms with Gasteiger partial charge in [-0.15, -0.1) is 0 Å². The topological polar surface area (TPSA) is 104 Å². The Bertz CT molecular complexity index is 671. The maximum absolute atomic E-state index is 11.6. The number of rotatable bonds is 3. The molecule has 0 radical (unpaired) electrons. The van der Waals surface area contributed by atoms with Crippen molar-refractivity contribution >= 4 is 12.0 Å². The number of urea groups is 1. The monoisotopic (exact) mass is 327 g/mol. The fraction of sp³-hybridized carbons (Fsp3) is 0.235. The number of nitrogens with one attached hydrogen (secondary N) is 2. The Morgan fingerprint density at radius 3 is 2.79 bits per heavy atom. The van der Waals surface area contributed by atoms with Gasteiger partial charge in [-0.25, -0.2) is 4.79 Å². The van der Waals surface area contributed by atoms with Gasteiger partial charge in [0.05, 0.1) is 12.2 Å². The highest BCUT2D eigenvalue weighted by Crippen LogP contribution is 2.20. The molecule has 126 valence electrons. The molecule has 2 bridgehead atoms. The molecule has 0 fully saturated rings. The molecule has 4 N–H and O–H groups in total. The highest BCUT2D eigenvalue weighted by atomic mass is 16.5. The van der Waals surface area contributed by atoms with Crippen LogP contribution in [0.1, 0.15) is 18.2 Å². The zero-order valence-corrected chi connectivity index (χ0v) is 13.5. The summed E-state index contributed by atoms with van der Waals surface area (Å²) >= 11 is 0. The zero-order chi connectivity index (χ0) is 17.4. The second-order valence-corrected chi connectivity index (χ2v) is 5.06. The van der Waals surface area contributed by atoms with Crippen LogP contribution in [0.25, 0.3) is 0 Å². The molecule has 0 atom stereocenters. The third kappa shape index (κ3) is 4.98.